The maximum Gasteiger partial charge on any atom is 0.133 e. The van der Waals surface area contributed by atoms with Crippen LogP contribution in [0.15, 0.2) is 40.9 Å². The summed E-state index contributed by atoms with van der Waals surface area (Å²) in [6.07, 6.45) is 0. The van der Waals surface area contributed by atoms with Crippen LogP contribution in [0.25, 0.3) is 0 Å². The first-order chi connectivity index (χ1) is 9.95. The number of hydrogen-bond donors (Lipinski definition) is 1. The minimum atomic E-state index is -0.297. The average Bonchev–Trinajstić information content (AvgIpc) is 2.43. The zero-order valence-corrected chi connectivity index (χ0v) is 14.0. The topological polar surface area (TPSA) is 21.3 Å². The lowest BCUT2D eigenvalue weighted by Gasteiger charge is -2.15. The van der Waals surface area contributed by atoms with Gasteiger partial charge in [0.05, 0.1) is 0 Å². The Morgan fingerprint density at radius 3 is 2.62 bits per heavy atom. The Morgan fingerprint density at radius 1 is 1.14 bits per heavy atom. The molecule has 0 saturated heterocycles. The van der Waals surface area contributed by atoms with Crippen molar-refractivity contribution in [1.82, 2.24) is 5.32 Å². The number of ether oxygens (including phenoxy) is 1. The maximum atomic E-state index is 13.4. The molecule has 0 saturated carbocycles. The summed E-state index contributed by atoms with van der Waals surface area (Å²) in [7, 11) is 0. The maximum absolute atomic E-state index is 13.4. The van der Waals surface area contributed by atoms with E-state index in [1.807, 2.05) is 25.1 Å². The van der Waals surface area contributed by atoms with Crippen molar-refractivity contribution < 1.29 is 9.13 Å². The zero-order chi connectivity index (χ0) is 15.4. The molecule has 0 aromatic heterocycles. The number of halogens is 2. The minimum Gasteiger partial charge on any atom is -0.457 e. The Morgan fingerprint density at radius 2 is 1.90 bits per heavy atom. The molecule has 0 atom stereocenters. The van der Waals surface area contributed by atoms with Crippen LogP contribution in [0.1, 0.15) is 25.0 Å². The number of nitrogens with one attached hydrogen (secondary N) is 1. The molecule has 0 amide bonds. The van der Waals surface area contributed by atoms with Gasteiger partial charge in [0.15, 0.2) is 0 Å². The lowest BCUT2D eigenvalue weighted by atomic mass is 10.1. The van der Waals surface area contributed by atoms with Gasteiger partial charge in [-0.25, -0.2) is 4.39 Å². The summed E-state index contributed by atoms with van der Waals surface area (Å²) < 4.78 is 20.3. The highest BCUT2D eigenvalue weighted by Crippen LogP contribution is 2.30. The first kappa shape index (κ1) is 16.0. The second-order valence-electron chi connectivity index (χ2n) is 5.30. The van der Waals surface area contributed by atoms with Crippen LogP contribution in [-0.2, 0) is 6.54 Å². The summed E-state index contributed by atoms with van der Waals surface area (Å²) in [5.41, 5.74) is 1.93. The van der Waals surface area contributed by atoms with Gasteiger partial charge in [0.25, 0.3) is 0 Å². The number of aryl methyl sites for hydroxylation is 1. The fourth-order valence-corrected chi connectivity index (χ4v) is 2.31. The van der Waals surface area contributed by atoms with Crippen molar-refractivity contribution >= 4 is 15.9 Å². The third kappa shape index (κ3) is 4.55. The van der Waals surface area contributed by atoms with E-state index in [1.165, 1.54) is 12.1 Å². The molecule has 2 aromatic carbocycles. The Labute approximate surface area is 133 Å². The van der Waals surface area contributed by atoms with Gasteiger partial charge < -0.3 is 10.1 Å². The highest BCUT2D eigenvalue weighted by atomic mass is 79.9. The predicted molar refractivity (Wildman–Crippen MR) is 87.3 cm³/mol. The van der Waals surface area contributed by atoms with Crippen LogP contribution in [0, 0.1) is 12.7 Å². The molecule has 0 spiro atoms. The second kappa shape index (κ2) is 7.05. The number of benzene rings is 2. The standard InChI is InChI=1S/C17H19BrFNO/c1-11(2)20-10-13-8-14(18)5-7-16(13)21-17-9-15(19)6-4-12(17)3/h4-9,11,20H,10H2,1-3H3. The summed E-state index contributed by atoms with van der Waals surface area (Å²) in [6, 6.07) is 10.8. The van der Waals surface area contributed by atoms with Gasteiger partial charge in [-0.1, -0.05) is 35.8 Å². The molecule has 0 radical (unpaired) electrons. The first-order valence-electron chi connectivity index (χ1n) is 6.91. The van der Waals surface area contributed by atoms with Crippen molar-refractivity contribution in [3.05, 3.63) is 57.8 Å². The lowest BCUT2D eigenvalue weighted by molar-refractivity contribution is 0.461. The Balaban J connectivity index is 2.28. The molecule has 2 aromatic rings. The van der Waals surface area contributed by atoms with E-state index < -0.39 is 0 Å². The van der Waals surface area contributed by atoms with Crippen molar-refractivity contribution in [2.45, 2.75) is 33.4 Å². The third-order valence-corrected chi connectivity index (χ3v) is 3.59. The molecule has 0 aliphatic carbocycles. The van der Waals surface area contributed by atoms with Gasteiger partial charge in [-0.3, -0.25) is 0 Å². The quantitative estimate of drug-likeness (QED) is 0.800. The largest absolute Gasteiger partial charge is 0.457 e. The molecule has 112 valence electrons. The third-order valence-electron chi connectivity index (χ3n) is 3.09. The van der Waals surface area contributed by atoms with E-state index in [4.69, 9.17) is 4.74 Å². The lowest BCUT2D eigenvalue weighted by Crippen LogP contribution is -2.22. The molecule has 2 nitrogen and oxygen atoms in total. The molecule has 0 fully saturated rings. The fraction of sp³-hybridized carbons (Fsp3) is 0.294. The van der Waals surface area contributed by atoms with Crippen LogP contribution in [0.3, 0.4) is 0 Å². The molecule has 4 heteroatoms. The van der Waals surface area contributed by atoms with Crippen molar-refractivity contribution in [3.63, 3.8) is 0 Å². The average molecular weight is 352 g/mol. The van der Waals surface area contributed by atoms with Gasteiger partial charge in [-0.05, 0) is 36.8 Å². The van der Waals surface area contributed by atoms with Crippen molar-refractivity contribution in [1.29, 1.82) is 0 Å². The Hall–Kier alpha value is -1.39. The van der Waals surface area contributed by atoms with Gasteiger partial charge in [-0.15, -0.1) is 0 Å². The van der Waals surface area contributed by atoms with Crippen LogP contribution >= 0.6 is 15.9 Å². The number of rotatable bonds is 5. The molecule has 0 bridgehead atoms. The van der Waals surface area contributed by atoms with Crippen molar-refractivity contribution in [2.75, 3.05) is 0 Å². The van der Waals surface area contributed by atoms with Crippen LogP contribution in [0.5, 0.6) is 11.5 Å². The van der Waals surface area contributed by atoms with Gasteiger partial charge in [-0.2, -0.15) is 0 Å². The van der Waals surface area contributed by atoms with Crippen LogP contribution < -0.4 is 10.1 Å². The first-order valence-corrected chi connectivity index (χ1v) is 7.71. The van der Waals surface area contributed by atoms with Gasteiger partial charge in [0.2, 0.25) is 0 Å². The molecular weight excluding hydrogens is 333 g/mol. The van der Waals surface area contributed by atoms with Gasteiger partial charge in [0, 0.05) is 28.7 Å². The normalized spacial score (nSPS) is 11.0. The Bertz CT molecular complexity index is 628. The van der Waals surface area contributed by atoms with Crippen LogP contribution in [0.4, 0.5) is 4.39 Å². The predicted octanol–water partition coefficient (Wildman–Crippen LogP) is 5.19. The van der Waals surface area contributed by atoms with E-state index in [-0.39, 0.29) is 5.82 Å². The molecule has 0 heterocycles. The molecule has 21 heavy (non-hydrogen) atoms. The van der Waals surface area contributed by atoms with Crippen LogP contribution in [0.2, 0.25) is 0 Å². The summed E-state index contributed by atoms with van der Waals surface area (Å²) >= 11 is 3.47. The van der Waals surface area contributed by atoms with E-state index >= 15 is 0 Å². The summed E-state index contributed by atoms with van der Waals surface area (Å²) in [5, 5.41) is 3.37. The fourth-order valence-electron chi connectivity index (χ4n) is 1.90. The highest BCUT2D eigenvalue weighted by molar-refractivity contribution is 9.10. The molecular formula is C17H19BrFNO. The van der Waals surface area contributed by atoms with E-state index in [0.717, 1.165) is 21.3 Å². The van der Waals surface area contributed by atoms with E-state index in [0.29, 0.717) is 18.3 Å². The highest BCUT2D eigenvalue weighted by Gasteiger charge is 2.09. The molecule has 0 unspecified atom stereocenters. The molecule has 0 aliphatic heterocycles. The molecule has 1 N–H and O–H groups in total. The smallest absolute Gasteiger partial charge is 0.133 e. The summed E-state index contributed by atoms with van der Waals surface area (Å²) in [4.78, 5) is 0. The second-order valence-corrected chi connectivity index (χ2v) is 6.22. The summed E-state index contributed by atoms with van der Waals surface area (Å²) in [5.74, 6) is 0.984. The van der Waals surface area contributed by atoms with E-state index in [9.17, 15) is 4.39 Å². The summed E-state index contributed by atoms with van der Waals surface area (Å²) in [6.45, 7) is 6.78. The van der Waals surface area contributed by atoms with Gasteiger partial charge in [0.1, 0.15) is 17.3 Å². The monoisotopic (exact) mass is 351 g/mol. The van der Waals surface area contributed by atoms with Gasteiger partial charge >= 0.3 is 0 Å². The van der Waals surface area contributed by atoms with Crippen LogP contribution in [-0.4, -0.2) is 6.04 Å². The van der Waals surface area contributed by atoms with E-state index in [2.05, 4.69) is 35.1 Å². The SMILES string of the molecule is Cc1ccc(F)cc1Oc1ccc(Br)cc1CNC(C)C. The number of hydrogen-bond acceptors (Lipinski definition) is 2. The molecule has 0 aliphatic rings. The van der Waals surface area contributed by atoms with Crippen molar-refractivity contribution in [3.8, 4) is 11.5 Å². The minimum absolute atomic E-state index is 0.297. The van der Waals surface area contributed by atoms with E-state index in [1.54, 1.807) is 6.07 Å². The Kier molecular flexibility index (Phi) is 5.37. The van der Waals surface area contributed by atoms with Crippen molar-refractivity contribution in [2.24, 2.45) is 0 Å². The zero-order valence-electron chi connectivity index (χ0n) is 12.4. The molecule has 2 rings (SSSR count).